The number of carbonyl (C=O) groups is 2. The van der Waals surface area contributed by atoms with E-state index in [4.69, 9.17) is 9.96 Å². The summed E-state index contributed by atoms with van der Waals surface area (Å²) in [5.41, 5.74) is 0. The summed E-state index contributed by atoms with van der Waals surface area (Å²) in [5, 5.41) is 14.1. The molecule has 2 atom stereocenters. The second kappa shape index (κ2) is 5.70. The van der Waals surface area contributed by atoms with Crippen LogP contribution in [0, 0.1) is 11.3 Å². The number of hydrogen-bond acceptors (Lipinski definition) is 7. The van der Waals surface area contributed by atoms with Crippen molar-refractivity contribution in [1.82, 2.24) is 20.6 Å². The Balaban J connectivity index is 1.66. The lowest BCUT2D eigenvalue weighted by Gasteiger charge is -2.32. The number of piperidine rings is 1. The summed E-state index contributed by atoms with van der Waals surface area (Å²) in [7, 11) is -4.79. The molecule has 23 heavy (non-hydrogen) atoms. The van der Waals surface area contributed by atoms with Gasteiger partial charge in [0.1, 0.15) is 5.84 Å². The van der Waals surface area contributed by atoms with Crippen molar-refractivity contribution in [3.8, 4) is 0 Å². The normalized spacial score (nSPS) is 27.8. The molecule has 0 saturated carbocycles. The Morgan fingerprint density at radius 2 is 2.09 bits per heavy atom. The Kier molecular flexibility index (Phi) is 4.00. The van der Waals surface area contributed by atoms with E-state index in [-0.39, 0.29) is 24.2 Å². The number of nitrogens with one attached hydrogen (secondary N) is 3. The van der Waals surface area contributed by atoms with Crippen molar-refractivity contribution in [1.29, 1.82) is 5.41 Å². The van der Waals surface area contributed by atoms with Crippen LogP contribution < -0.4 is 10.6 Å². The Morgan fingerprint density at radius 3 is 2.65 bits per heavy atom. The van der Waals surface area contributed by atoms with Gasteiger partial charge in [0.05, 0.1) is 18.0 Å². The van der Waals surface area contributed by atoms with Gasteiger partial charge in [0.2, 0.25) is 5.91 Å². The molecule has 3 saturated heterocycles. The van der Waals surface area contributed by atoms with E-state index in [2.05, 4.69) is 14.9 Å². The average Bonchev–Trinajstić information content (AvgIpc) is 2.60. The molecule has 0 unspecified atom stereocenters. The Morgan fingerprint density at radius 1 is 1.39 bits per heavy atom. The van der Waals surface area contributed by atoms with Gasteiger partial charge in [-0.2, -0.15) is 13.5 Å². The second-order valence-electron chi connectivity index (χ2n) is 5.77. The summed E-state index contributed by atoms with van der Waals surface area (Å²) in [5.74, 6) is -0.545. The number of rotatable bonds is 4. The van der Waals surface area contributed by atoms with Crippen LogP contribution in [0.4, 0.5) is 4.79 Å². The molecule has 4 N–H and O–H groups in total. The molecular weight excluding hydrogens is 330 g/mol. The SMILES string of the molecule is N=C(NC(=O)C1CNC1)[C@@H]1CC[C@@H]2CN1C(=O)N2OS(=O)(=O)O. The largest absolute Gasteiger partial charge is 0.418 e. The van der Waals surface area contributed by atoms with Gasteiger partial charge < -0.3 is 15.5 Å². The minimum absolute atomic E-state index is 0.0950. The molecule has 0 aromatic rings. The standard InChI is InChI=1S/C11H17N5O6S/c12-9(14-10(17)6-3-13-4-6)8-2-1-7-5-15(8)11(18)16(7)22-23(19,20)21/h6-8,13H,1-5H2,(H2,12,14,17)(H,19,20,21)/t7-,8+/m1/s1. The molecule has 3 aliphatic rings. The fourth-order valence-corrected chi connectivity index (χ4v) is 3.31. The first-order valence-corrected chi connectivity index (χ1v) is 8.49. The predicted molar refractivity (Wildman–Crippen MR) is 75.6 cm³/mol. The van der Waals surface area contributed by atoms with Gasteiger partial charge in [-0.05, 0) is 12.8 Å². The van der Waals surface area contributed by atoms with E-state index in [9.17, 15) is 18.0 Å². The fourth-order valence-electron chi connectivity index (χ4n) is 2.92. The molecule has 0 spiro atoms. The minimum Gasteiger partial charge on any atom is -0.315 e. The molecule has 3 heterocycles. The Bertz CT molecular complexity index is 647. The van der Waals surface area contributed by atoms with Gasteiger partial charge >= 0.3 is 16.4 Å². The quantitative estimate of drug-likeness (QED) is 0.269. The van der Waals surface area contributed by atoms with Gasteiger partial charge in [-0.1, -0.05) is 0 Å². The maximum Gasteiger partial charge on any atom is 0.418 e. The highest BCUT2D eigenvalue weighted by Crippen LogP contribution is 2.30. The van der Waals surface area contributed by atoms with Crippen molar-refractivity contribution in [2.75, 3.05) is 19.6 Å². The first-order chi connectivity index (χ1) is 10.8. The molecule has 0 aromatic carbocycles. The zero-order valence-electron chi connectivity index (χ0n) is 12.1. The molecule has 0 radical (unpaired) electrons. The lowest BCUT2D eigenvalue weighted by molar-refractivity contribution is -0.125. The Hall–Kier alpha value is -1.76. The zero-order valence-corrected chi connectivity index (χ0v) is 12.9. The van der Waals surface area contributed by atoms with E-state index in [1.54, 1.807) is 0 Å². The summed E-state index contributed by atoms with van der Waals surface area (Å²) in [4.78, 5) is 25.3. The van der Waals surface area contributed by atoms with E-state index < -0.39 is 28.5 Å². The molecule has 0 aromatic heterocycles. The van der Waals surface area contributed by atoms with Crippen molar-refractivity contribution < 1.29 is 26.8 Å². The van der Waals surface area contributed by atoms with Gasteiger partial charge in [0.25, 0.3) is 0 Å². The third kappa shape index (κ3) is 3.15. The van der Waals surface area contributed by atoms with Crippen molar-refractivity contribution in [2.45, 2.75) is 24.9 Å². The molecule has 3 amide bonds. The zero-order chi connectivity index (χ0) is 16.8. The van der Waals surface area contributed by atoms with E-state index in [0.29, 0.717) is 31.0 Å². The number of hydrogen-bond donors (Lipinski definition) is 4. The predicted octanol–water partition coefficient (Wildman–Crippen LogP) is -1.70. The number of amides is 3. The lowest BCUT2D eigenvalue weighted by atomic mass is 9.98. The molecule has 3 aliphatic heterocycles. The average molecular weight is 347 g/mol. The maximum absolute atomic E-state index is 12.2. The first-order valence-electron chi connectivity index (χ1n) is 7.13. The van der Waals surface area contributed by atoms with Crippen LogP contribution in [0.25, 0.3) is 0 Å². The highest BCUT2D eigenvalue weighted by Gasteiger charge is 2.48. The molecule has 11 nitrogen and oxygen atoms in total. The van der Waals surface area contributed by atoms with E-state index >= 15 is 0 Å². The third-order valence-electron chi connectivity index (χ3n) is 4.24. The van der Waals surface area contributed by atoms with Gasteiger partial charge in [0, 0.05) is 19.6 Å². The van der Waals surface area contributed by atoms with Crippen molar-refractivity contribution in [2.24, 2.45) is 5.92 Å². The number of amidine groups is 1. The van der Waals surface area contributed by atoms with Crippen LogP contribution in [0.5, 0.6) is 0 Å². The molecule has 128 valence electrons. The van der Waals surface area contributed by atoms with Crippen LogP contribution in [-0.4, -0.2) is 72.4 Å². The summed E-state index contributed by atoms with van der Waals surface area (Å²) in [6.45, 7) is 1.29. The van der Waals surface area contributed by atoms with Gasteiger partial charge in [0.15, 0.2) is 0 Å². The fraction of sp³-hybridized carbons (Fsp3) is 0.727. The molecule has 0 aliphatic carbocycles. The lowest BCUT2D eigenvalue weighted by Crippen LogP contribution is -2.56. The van der Waals surface area contributed by atoms with E-state index in [1.165, 1.54) is 4.90 Å². The van der Waals surface area contributed by atoms with Gasteiger partial charge in [-0.25, -0.2) is 4.79 Å². The summed E-state index contributed by atoms with van der Waals surface area (Å²) >= 11 is 0. The van der Waals surface area contributed by atoms with Crippen LogP contribution in [-0.2, 0) is 19.5 Å². The number of urea groups is 1. The van der Waals surface area contributed by atoms with Gasteiger partial charge in [-0.15, -0.1) is 4.28 Å². The Labute approximate surface area is 132 Å². The van der Waals surface area contributed by atoms with Crippen LogP contribution in [0.3, 0.4) is 0 Å². The number of nitrogens with zero attached hydrogens (tertiary/aromatic N) is 2. The topological polar surface area (TPSA) is 152 Å². The van der Waals surface area contributed by atoms with Crippen LogP contribution >= 0.6 is 0 Å². The number of carbonyl (C=O) groups excluding carboxylic acids is 2. The van der Waals surface area contributed by atoms with Crippen LogP contribution in [0.2, 0.25) is 0 Å². The maximum atomic E-state index is 12.2. The highest BCUT2D eigenvalue weighted by molar-refractivity contribution is 7.80. The van der Waals surface area contributed by atoms with Crippen molar-refractivity contribution in [3.05, 3.63) is 0 Å². The highest BCUT2D eigenvalue weighted by atomic mass is 32.3. The van der Waals surface area contributed by atoms with Crippen LogP contribution in [0.15, 0.2) is 0 Å². The second-order valence-corrected chi connectivity index (χ2v) is 6.77. The third-order valence-corrected chi connectivity index (χ3v) is 4.59. The monoisotopic (exact) mass is 347 g/mol. The first kappa shape index (κ1) is 16.1. The van der Waals surface area contributed by atoms with Gasteiger partial charge in [-0.3, -0.25) is 14.8 Å². The number of hydroxylamine groups is 2. The molecule has 12 heteroatoms. The van der Waals surface area contributed by atoms with Crippen LogP contribution in [0.1, 0.15) is 12.8 Å². The minimum atomic E-state index is -4.79. The summed E-state index contributed by atoms with van der Waals surface area (Å²) < 4.78 is 34.7. The number of fused-ring (bicyclic) bond motifs is 2. The van der Waals surface area contributed by atoms with Crippen molar-refractivity contribution >= 4 is 28.2 Å². The smallest absolute Gasteiger partial charge is 0.315 e. The molecule has 3 rings (SSSR count). The summed E-state index contributed by atoms with van der Waals surface area (Å²) in [6.07, 6.45) is 0.787. The van der Waals surface area contributed by atoms with E-state index in [0.717, 1.165) is 0 Å². The molecular formula is C11H17N5O6S. The molecule has 2 bridgehead atoms. The summed E-state index contributed by atoms with van der Waals surface area (Å²) in [6, 6.07) is -1.91. The molecule has 3 fully saturated rings. The van der Waals surface area contributed by atoms with Crippen molar-refractivity contribution in [3.63, 3.8) is 0 Å². The van der Waals surface area contributed by atoms with E-state index in [1.807, 2.05) is 0 Å².